The molecule has 0 saturated carbocycles. The van der Waals surface area contributed by atoms with Crippen molar-refractivity contribution in [2.75, 3.05) is 25.6 Å². The van der Waals surface area contributed by atoms with Gasteiger partial charge in [-0.3, -0.25) is 9.59 Å². The van der Waals surface area contributed by atoms with Gasteiger partial charge in [0.25, 0.3) is 0 Å². The summed E-state index contributed by atoms with van der Waals surface area (Å²) in [5, 5.41) is 2.88. The predicted molar refractivity (Wildman–Crippen MR) is 122 cm³/mol. The molecule has 0 aromatic heterocycles. The lowest BCUT2D eigenvalue weighted by atomic mass is 9.94. The molecule has 2 aromatic rings. The molecule has 1 saturated heterocycles. The van der Waals surface area contributed by atoms with Crippen LogP contribution in [0.5, 0.6) is 0 Å². The van der Waals surface area contributed by atoms with Crippen LogP contribution in [0.15, 0.2) is 59.5 Å². The van der Waals surface area contributed by atoms with E-state index in [4.69, 9.17) is 0 Å². The van der Waals surface area contributed by atoms with Gasteiger partial charge in [0.15, 0.2) is 0 Å². The second-order valence-corrected chi connectivity index (χ2v) is 10.7. The van der Waals surface area contributed by atoms with Crippen molar-refractivity contribution in [2.45, 2.75) is 30.4 Å². The molecular formula is C22H27N3O4S2. The molecule has 0 bridgehead atoms. The number of thioether (sulfide) groups is 1. The Morgan fingerprint density at radius 3 is 2.32 bits per heavy atom. The Hall–Kier alpha value is -2.36. The van der Waals surface area contributed by atoms with Gasteiger partial charge in [-0.25, -0.2) is 8.42 Å². The molecule has 31 heavy (non-hydrogen) atoms. The summed E-state index contributed by atoms with van der Waals surface area (Å²) in [5.41, 5.74) is 0.451. The van der Waals surface area contributed by atoms with E-state index in [9.17, 15) is 18.0 Å². The maximum Gasteiger partial charge on any atom is 0.247 e. The molecule has 1 fully saturated rings. The maximum absolute atomic E-state index is 13.3. The first-order valence-electron chi connectivity index (χ1n) is 9.84. The van der Waals surface area contributed by atoms with E-state index in [1.807, 2.05) is 60.9 Å². The van der Waals surface area contributed by atoms with Gasteiger partial charge in [0.1, 0.15) is 5.54 Å². The molecule has 9 heteroatoms. The number of piperazine rings is 1. The van der Waals surface area contributed by atoms with Crippen LogP contribution in [0.25, 0.3) is 0 Å². The van der Waals surface area contributed by atoms with Crippen molar-refractivity contribution in [3.05, 3.63) is 65.7 Å². The van der Waals surface area contributed by atoms with Crippen LogP contribution in [-0.4, -0.2) is 60.6 Å². The Morgan fingerprint density at radius 2 is 1.74 bits per heavy atom. The van der Waals surface area contributed by atoms with Crippen molar-refractivity contribution in [3.8, 4) is 0 Å². The number of benzene rings is 2. The number of nitrogens with zero attached hydrogens (tertiary/aromatic N) is 2. The zero-order valence-electron chi connectivity index (χ0n) is 17.9. The first-order chi connectivity index (χ1) is 14.6. The number of hydrogen-bond donors (Lipinski definition) is 1. The zero-order chi connectivity index (χ0) is 22.6. The third kappa shape index (κ3) is 5.47. The average molecular weight is 462 g/mol. The van der Waals surface area contributed by atoms with Crippen molar-refractivity contribution in [2.24, 2.45) is 0 Å². The Labute approximate surface area is 187 Å². The first-order valence-corrected chi connectivity index (χ1v) is 12.9. The minimum absolute atomic E-state index is 0.0961. The Bertz CT molecular complexity index is 1040. The van der Waals surface area contributed by atoms with Crippen LogP contribution in [0.3, 0.4) is 0 Å². The lowest BCUT2D eigenvalue weighted by molar-refractivity contribution is -0.153. The number of amides is 2. The molecule has 7 nitrogen and oxygen atoms in total. The topological polar surface area (TPSA) is 86.8 Å². The highest BCUT2D eigenvalue weighted by Crippen LogP contribution is 2.27. The van der Waals surface area contributed by atoms with E-state index in [0.717, 1.165) is 26.6 Å². The molecule has 166 valence electrons. The number of carbonyl (C=O) groups is 2. The SMILES string of the molecule is CSc1ccc(CN2C(=O)CN(S(C)(=O)=O)C[C@@]2(C)C(=O)NCc2ccccc2)cc1. The number of carbonyl (C=O) groups excluding carboxylic acids is 2. The fourth-order valence-electron chi connectivity index (χ4n) is 3.57. The largest absolute Gasteiger partial charge is 0.350 e. The fourth-order valence-corrected chi connectivity index (χ4v) is 4.81. The molecule has 0 aliphatic carbocycles. The monoisotopic (exact) mass is 461 g/mol. The minimum Gasteiger partial charge on any atom is -0.350 e. The fraction of sp³-hybridized carbons (Fsp3) is 0.364. The summed E-state index contributed by atoms with van der Waals surface area (Å²) in [6.07, 6.45) is 3.04. The summed E-state index contributed by atoms with van der Waals surface area (Å²) in [4.78, 5) is 28.9. The first kappa shape index (κ1) is 23.3. The summed E-state index contributed by atoms with van der Waals surface area (Å²) >= 11 is 1.62. The number of nitrogens with one attached hydrogen (secondary N) is 1. The van der Waals surface area contributed by atoms with Crippen molar-refractivity contribution < 1.29 is 18.0 Å². The van der Waals surface area contributed by atoms with E-state index in [0.29, 0.717) is 6.54 Å². The van der Waals surface area contributed by atoms with E-state index in [1.54, 1.807) is 18.7 Å². The van der Waals surface area contributed by atoms with E-state index < -0.39 is 27.4 Å². The van der Waals surface area contributed by atoms with E-state index in [-0.39, 0.29) is 19.6 Å². The van der Waals surface area contributed by atoms with Crippen molar-refractivity contribution >= 4 is 33.6 Å². The maximum atomic E-state index is 13.3. The standard InChI is InChI=1S/C22H27N3O4S2/c1-22(21(27)23-13-17-7-5-4-6-8-17)16-24(31(3,28)29)15-20(26)25(22)14-18-9-11-19(30-2)12-10-18/h4-12H,13-16H2,1-3H3,(H,23,27)/t22-/m0/s1. The third-order valence-electron chi connectivity index (χ3n) is 5.45. The normalized spacial score (nSPS) is 20.0. The molecule has 0 unspecified atom stereocenters. The molecule has 2 amide bonds. The summed E-state index contributed by atoms with van der Waals surface area (Å²) in [7, 11) is -3.63. The van der Waals surface area contributed by atoms with Gasteiger partial charge in [0, 0.05) is 24.5 Å². The smallest absolute Gasteiger partial charge is 0.247 e. The molecule has 1 aliphatic heterocycles. The second-order valence-electron chi connectivity index (χ2n) is 7.80. The van der Waals surface area contributed by atoms with E-state index in [2.05, 4.69) is 5.32 Å². The predicted octanol–water partition coefficient (Wildman–Crippen LogP) is 2.09. The van der Waals surface area contributed by atoms with Gasteiger partial charge in [-0.1, -0.05) is 42.5 Å². The summed E-state index contributed by atoms with van der Waals surface area (Å²) in [6, 6.07) is 17.2. The molecule has 1 N–H and O–H groups in total. The Kier molecular flexibility index (Phi) is 7.08. The molecule has 0 spiro atoms. The van der Waals surface area contributed by atoms with Crippen molar-refractivity contribution in [3.63, 3.8) is 0 Å². The third-order valence-corrected chi connectivity index (χ3v) is 7.39. The molecule has 2 aromatic carbocycles. The van der Waals surface area contributed by atoms with E-state index in [1.165, 1.54) is 4.90 Å². The van der Waals surface area contributed by atoms with Crippen LogP contribution in [0.2, 0.25) is 0 Å². The Morgan fingerprint density at radius 1 is 1.10 bits per heavy atom. The van der Waals surface area contributed by atoms with Gasteiger partial charge in [-0.05, 0) is 36.4 Å². The van der Waals surface area contributed by atoms with Gasteiger partial charge >= 0.3 is 0 Å². The summed E-state index contributed by atoms with van der Waals surface area (Å²) in [5.74, 6) is -0.790. The number of sulfonamides is 1. The van der Waals surface area contributed by atoms with Gasteiger partial charge in [0.2, 0.25) is 21.8 Å². The second kappa shape index (κ2) is 9.42. The summed E-state index contributed by atoms with van der Waals surface area (Å²) < 4.78 is 25.4. The molecule has 1 atom stereocenters. The van der Waals surface area contributed by atoms with Gasteiger partial charge in [-0.2, -0.15) is 4.31 Å². The van der Waals surface area contributed by atoms with Crippen LogP contribution < -0.4 is 5.32 Å². The number of hydrogen-bond acceptors (Lipinski definition) is 5. The summed E-state index contributed by atoms with van der Waals surface area (Å²) in [6.45, 7) is 1.77. The highest BCUT2D eigenvalue weighted by atomic mass is 32.2. The minimum atomic E-state index is -3.63. The van der Waals surface area contributed by atoms with Crippen LogP contribution in [0, 0.1) is 0 Å². The molecule has 1 heterocycles. The molecule has 3 rings (SSSR count). The number of rotatable bonds is 7. The van der Waals surface area contributed by atoms with Crippen molar-refractivity contribution in [1.29, 1.82) is 0 Å². The van der Waals surface area contributed by atoms with Crippen molar-refractivity contribution in [1.82, 2.24) is 14.5 Å². The average Bonchev–Trinajstić information content (AvgIpc) is 2.75. The van der Waals surface area contributed by atoms with Crippen LogP contribution in [0.4, 0.5) is 0 Å². The molecule has 1 aliphatic rings. The van der Waals surface area contributed by atoms with E-state index >= 15 is 0 Å². The lowest BCUT2D eigenvalue weighted by Crippen LogP contribution is -2.69. The molecule has 0 radical (unpaired) electrons. The van der Waals surface area contributed by atoms with Gasteiger partial charge in [-0.15, -0.1) is 11.8 Å². The molecular weight excluding hydrogens is 434 g/mol. The van der Waals surface area contributed by atoms with Crippen LogP contribution in [0.1, 0.15) is 18.1 Å². The zero-order valence-corrected chi connectivity index (χ0v) is 19.5. The quantitative estimate of drug-likeness (QED) is 0.638. The Balaban J connectivity index is 1.87. The van der Waals surface area contributed by atoms with Crippen LogP contribution in [-0.2, 0) is 32.7 Å². The van der Waals surface area contributed by atoms with Crippen LogP contribution >= 0.6 is 11.8 Å². The van der Waals surface area contributed by atoms with Gasteiger partial charge in [0.05, 0.1) is 12.8 Å². The van der Waals surface area contributed by atoms with Gasteiger partial charge < -0.3 is 10.2 Å². The lowest BCUT2D eigenvalue weighted by Gasteiger charge is -2.46. The highest BCUT2D eigenvalue weighted by Gasteiger charge is 2.49. The highest BCUT2D eigenvalue weighted by molar-refractivity contribution is 7.98.